The van der Waals surface area contributed by atoms with Crippen LogP contribution in [0.25, 0.3) is 0 Å². The van der Waals surface area contributed by atoms with E-state index in [0.717, 1.165) is 6.42 Å². The van der Waals surface area contributed by atoms with Gasteiger partial charge in [-0.1, -0.05) is 11.6 Å². The number of carbonyl (C=O) groups is 4. The third-order valence-corrected chi connectivity index (χ3v) is 6.86. The molecule has 1 N–H and O–H groups in total. The molecule has 1 saturated heterocycles. The number of esters is 1. The molecule has 3 amide bonds. The van der Waals surface area contributed by atoms with Crippen LogP contribution in [0, 0.1) is 5.92 Å². The summed E-state index contributed by atoms with van der Waals surface area (Å²) in [5.41, 5.74) is 0.934. The van der Waals surface area contributed by atoms with Gasteiger partial charge in [-0.05, 0) is 44.0 Å². The van der Waals surface area contributed by atoms with Crippen molar-refractivity contribution in [1.82, 2.24) is 14.8 Å². The predicted octanol–water partition coefficient (Wildman–Crippen LogP) is 2.87. The number of aromatic nitrogens is 1. The number of ether oxygens (including phenoxy) is 2. The minimum Gasteiger partial charge on any atom is -0.466 e. The van der Waals surface area contributed by atoms with Crippen LogP contribution in [0.4, 0.5) is 5.13 Å². The van der Waals surface area contributed by atoms with Crippen molar-refractivity contribution in [1.29, 1.82) is 0 Å². The highest BCUT2D eigenvalue weighted by Gasteiger charge is 2.29. The van der Waals surface area contributed by atoms with E-state index in [9.17, 15) is 19.2 Å². The summed E-state index contributed by atoms with van der Waals surface area (Å²) < 4.78 is 10.2. The minimum absolute atomic E-state index is 0.0664. The zero-order chi connectivity index (χ0) is 26.8. The standard InChI is InChI=1S/C25H31ClN4O6S/c1-3-36-24(34)18-5-4-10-29(14-18)22(32)13-20-16-37-25(27-20)28-21(31)15-30(11-12-35-2)23(33)17-6-8-19(26)9-7-17/h6-9,16,18H,3-5,10-15H2,1-2H3,(H,27,28,31). The fourth-order valence-corrected chi connectivity index (χ4v) is 4.78. The number of likely N-dealkylation sites (tertiary alicyclic amines) is 1. The first-order valence-electron chi connectivity index (χ1n) is 12.0. The molecule has 1 aromatic heterocycles. The van der Waals surface area contributed by atoms with Crippen molar-refractivity contribution < 1.29 is 28.7 Å². The third kappa shape index (κ3) is 8.51. The number of nitrogens with one attached hydrogen (secondary N) is 1. The molecule has 0 bridgehead atoms. The van der Waals surface area contributed by atoms with Crippen molar-refractivity contribution in [3.63, 3.8) is 0 Å². The van der Waals surface area contributed by atoms with Gasteiger partial charge in [0, 0.05) is 42.7 Å². The fraction of sp³-hybridized carbons (Fsp3) is 0.480. The first kappa shape index (κ1) is 28.5. The van der Waals surface area contributed by atoms with Crippen LogP contribution < -0.4 is 5.32 Å². The fourth-order valence-electron chi connectivity index (χ4n) is 3.93. The molecule has 1 aliphatic heterocycles. The smallest absolute Gasteiger partial charge is 0.310 e. The molecular weight excluding hydrogens is 520 g/mol. The molecule has 1 aliphatic rings. The number of piperidine rings is 1. The average molecular weight is 551 g/mol. The lowest BCUT2D eigenvalue weighted by Gasteiger charge is -2.31. The Morgan fingerprint density at radius 3 is 2.70 bits per heavy atom. The second kappa shape index (κ2) is 14.1. The summed E-state index contributed by atoms with van der Waals surface area (Å²) in [5, 5.41) is 5.25. The monoisotopic (exact) mass is 550 g/mol. The van der Waals surface area contributed by atoms with E-state index in [1.54, 1.807) is 41.5 Å². The van der Waals surface area contributed by atoms with E-state index in [4.69, 9.17) is 21.1 Å². The highest BCUT2D eigenvalue weighted by atomic mass is 35.5. The van der Waals surface area contributed by atoms with Gasteiger partial charge in [0.05, 0.1) is 31.2 Å². The number of thiazole rings is 1. The van der Waals surface area contributed by atoms with E-state index in [1.807, 2.05) is 0 Å². The molecule has 0 aliphatic carbocycles. The molecule has 2 heterocycles. The normalized spacial score (nSPS) is 15.2. The van der Waals surface area contributed by atoms with Crippen molar-refractivity contribution in [2.24, 2.45) is 5.92 Å². The van der Waals surface area contributed by atoms with Gasteiger partial charge in [0.25, 0.3) is 5.91 Å². The Balaban J connectivity index is 1.55. The quantitative estimate of drug-likeness (QED) is 0.427. The number of hydrogen-bond donors (Lipinski definition) is 1. The van der Waals surface area contributed by atoms with Gasteiger partial charge in [-0.15, -0.1) is 11.3 Å². The van der Waals surface area contributed by atoms with E-state index in [-0.39, 0.29) is 49.8 Å². The molecule has 3 rings (SSSR count). The van der Waals surface area contributed by atoms with Crippen molar-refractivity contribution in [2.75, 3.05) is 51.8 Å². The van der Waals surface area contributed by atoms with Gasteiger partial charge in [-0.3, -0.25) is 19.2 Å². The van der Waals surface area contributed by atoms with Crippen molar-refractivity contribution in [3.05, 3.63) is 45.9 Å². The summed E-state index contributed by atoms with van der Waals surface area (Å²) in [4.78, 5) is 57.8. The van der Waals surface area contributed by atoms with E-state index >= 15 is 0 Å². The maximum absolute atomic E-state index is 12.9. The largest absolute Gasteiger partial charge is 0.466 e. The molecule has 1 unspecified atom stereocenters. The first-order chi connectivity index (χ1) is 17.8. The van der Waals surface area contributed by atoms with E-state index in [1.165, 1.54) is 23.3 Å². The van der Waals surface area contributed by atoms with Crippen molar-refractivity contribution >= 4 is 51.8 Å². The number of carbonyl (C=O) groups excluding carboxylic acids is 4. The van der Waals surface area contributed by atoms with E-state index in [0.29, 0.717) is 47.5 Å². The Hall–Kier alpha value is -3.02. The number of rotatable bonds is 11. The average Bonchev–Trinajstić information content (AvgIpc) is 3.33. The molecule has 10 nitrogen and oxygen atoms in total. The summed E-state index contributed by atoms with van der Waals surface area (Å²) in [6.45, 7) is 3.30. The highest BCUT2D eigenvalue weighted by molar-refractivity contribution is 7.13. The summed E-state index contributed by atoms with van der Waals surface area (Å²) in [7, 11) is 1.52. The van der Waals surface area contributed by atoms with Crippen LogP contribution in [0.3, 0.4) is 0 Å². The van der Waals surface area contributed by atoms with Gasteiger partial charge in [-0.25, -0.2) is 4.98 Å². The molecule has 2 aromatic rings. The molecule has 1 atom stereocenters. The SMILES string of the molecule is CCOC(=O)C1CCCN(C(=O)Cc2csc(NC(=O)CN(CCOC)C(=O)c3ccc(Cl)cc3)n2)C1. The van der Waals surface area contributed by atoms with Crippen LogP contribution in [0.15, 0.2) is 29.6 Å². The van der Waals surface area contributed by atoms with Gasteiger partial charge < -0.3 is 24.6 Å². The van der Waals surface area contributed by atoms with Crippen molar-refractivity contribution in [2.45, 2.75) is 26.2 Å². The molecular formula is C25H31ClN4O6S. The lowest BCUT2D eigenvalue weighted by atomic mass is 9.98. The van der Waals surface area contributed by atoms with Crippen LogP contribution in [-0.2, 0) is 30.3 Å². The lowest BCUT2D eigenvalue weighted by molar-refractivity contribution is -0.151. The van der Waals surface area contributed by atoms with Crippen LogP contribution >= 0.6 is 22.9 Å². The maximum atomic E-state index is 12.9. The molecule has 0 radical (unpaired) electrons. The summed E-state index contributed by atoms with van der Waals surface area (Å²) in [6, 6.07) is 6.43. The van der Waals surface area contributed by atoms with Crippen LogP contribution in [-0.4, -0.2) is 85.0 Å². The zero-order valence-electron chi connectivity index (χ0n) is 20.9. The summed E-state index contributed by atoms with van der Waals surface area (Å²) in [6.07, 6.45) is 1.51. The van der Waals surface area contributed by atoms with Gasteiger partial charge in [0.1, 0.15) is 6.54 Å². The Morgan fingerprint density at radius 1 is 1.24 bits per heavy atom. The molecule has 12 heteroatoms. The van der Waals surface area contributed by atoms with E-state index in [2.05, 4.69) is 10.3 Å². The second-order valence-corrected chi connectivity index (χ2v) is 9.82. The molecule has 200 valence electrons. The van der Waals surface area contributed by atoms with Gasteiger partial charge in [0.15, 0.2) is 5.13 Å². The number of methoxy groups -OCH3 is 1. The van der Waals surface area contributed by atoms with Crippen LogP contribution in [0.5, 0.6) is 0 Å². The molecule has 0 saturated carbocycles. The molecule has 1 fully saturated rings. The molecule has 1 aromatic carbocycles. The number of benzene rings is 1. The molecule has 37 heavy (non-hydrogen) atoms. The Bertz CT molecular complexity index is 1090. The predicted molar refractivity (Wildman–Crippen MR) is 140 cm³/mol. The number of halogens is 1. The number of anilines is 1. The first-order valence-corrected chi connectivity index (χ1v) is 13.3. The second-order valence-electron chi connectivity index (χ2n) is 8.53. The number of nitrogens with zero attached hydrogens (tertiary/aromatic N) is 3. The lowest BCUT2D eigenvalue weighted by Crippen LogP contribution is -2.43. The van der Waals surface area contributed by atoms with Gasteiger partial charge in [-0.2, -0.15) is 0 Å². The van der Waals surface area contributed by atoms with Crippen LogP contribution in [0.2, 0.25) is 5.02 Å². The van der Waals surface area contributed by atoms with E-state index < -0.39 is 5.91 Å². The van der Waals surface area contributed by atoms with Crippen molar-refractivity contribution in [3.8, 4) is 0 Å². The summed E-state index contributed by atoms with van der Waals surface area (Å²) >= 11 is 7.10. The summed E-state index contributed by atoms with van der Waals surface area (Å²) in [5.74, 6) is -1.44. The highest BCUT2D eigenvalue weighted by Crippen LogP contribution is 2.21. The Morgan fingerprint density at radius 2 is 2.00 bits per heavy atom. The van der Waals surface area contributed by atoms with Gasteiger partial charge in [0.2, 0.25) is 11.8 Å². The number of amides is 3. The third-order valence-electron chi connectivity index (χ3n) is 5.80. The van der Waals surface area contributed by atoms with Gasteiger partial charge >= 0.3 is 5.97 Å². The topological polar surface area (TPSA) is 118 Å². The maximum Gasteiger partial charge on any atom is 0.310 e. The minimum atomic E-state index is -0.418. The number of hydrogen-bond acceptors (Lipinski definition) is 8. The molecule has 0 spiro atoms. The Kier molecular flexibility index (Phi) is 10.8. The zero-order valence-corrected chi connectivity index (χ0v) is 22.5. The van der Waals surface area contributed by atoms with Crippen LogP contribution in [0.1, 0.15) is 35.8 Å². The Labute approximate surface area is 224 Å².